The van der Waals surface area contributed by atoms with E-state index >= 15 is 0 Å². The zero-order chi connectivity index (χ0) is 9.66. The van der Waals surface area contributed by atoms with Crippen LogP contribution in [0.1, 0.15) is 52.4 Å². The van der Waals surface area contributed by atoms with Crippen molar-refractivity contribution in [1.29, 1.82) is 0 Å². The van der Waals surface area contributed by atoms with Crippen LogP contribution in [-0.2, 0) is 0 Å². The Bertz CT molecular complexity index is 38.3. The summed E-state index contributed by atoms with van der Waals surface area (Å²) in [6.07, 6.45) is 9.00. The van der Waals surface area contributed by atoms with Gasteiger partial charge in [0.1, 0.15) is 0 Å². The predicted molar refractivity (Wildman–Crippen MR) is 57.2 cm³/mol. The van der Waals surface area contributed by atoms with Crippen LogP contribution >= 0.6 is 0 Å². The van der Waals surface area contributed by atoms with E-state index in [1.807, 2.05) is 13.8 Å². The molecule has 2 heteroatoms. The first-order valence-electron chi connectivity index (χ1n) is 5.23. The Morgan fingerprint density at radius 3 is 0.833 bits per heavy atom. The third-order valence-electron chi connectivity index (χ3n) is 1.50. The highest BCUT2D eigenvalue weighted by molar-refractivity contribution is 4.51. The van der Waals surface area contributed by atoms with Gasteiger partial charge in [0.2, 0.25) is 0 Å². The SMILES string of the molecule is C1CCCCC1.CCN.CCN. The van der Waals surface area contributed by atoms with E-state index in [1.165, 1.54) is 38.5 Å². The smallest absolute Gasteiger partial charge is 0.0106 e. The third kappa shape index (κ3) is 22.5. The normalized spacial score (nSPS) is 15.0. The zero-order valence-corrected chi connectivity index (χ0v) is 8.81. The molecule has 0 heterocycles. The summed E-state index contributed by atoms with van der Waals surface area (Å²) >= 11 is 0. The largest absolute Gasteiger partial charge is 0.331 e. The summed E-state index contributed by atoms with van der Waals surface area (Å²) in [4.78, 5) is 0. The van der Waals surface area contributed by atoms with Gasteiger partial charge in [-0.3, -0.25) is 0 Å². The molecule has 1 fully saturated rings. The molecular formula is C10H26N2. The minimum Gasteiger partial charge on any atom is -0.331 e. The lowest BCUT2D eigenvalue weighted by molar-refractivity contribution is 0.504. The summed E-state index contributed by atoms with van der Waals surface area (Å²) in [5.41, 5.74) is 9.69. The molecule has 0 aromatic carbocycles. The second kappa shape index (κ2) is 17.1. The summed E-state index contributed by atoms with van der Waals surface area (Å²) in [5.74, 6) is 0. The molecule has 2 nitrogen and oxygen atoms in total. The molecule has 1 aliphatic rings. The van der Waals surface area contributed by atoms with Gasteiger partial charge >= 0.3 is 0 Å². The van der Waals surface area contributed by atoms with Crippen LogP contribution in [0.3, 0.4) is 0 Å². The van der Waals surface area contributed by atoms with Gasteiger partial charge in [0.05, 0.1) is 0 Å². The first-order valence-corrected chi connectivity index (χ1v) is 5.23. The van der Waals surface area contributed by atoms with Crippen LogP contribution in [-0.4, -0.2) is 13.1 Å². The lowest BCUT2D eigenvalue weighted by atomic mass is 10.0. The summed E-state index contributed by atoms with van der Waals surface area (Å²) in [6, 6.07) is 0. The molecule has 0 saturated heterocycles. The van der Waals surface area contributed by atoms with Crippen molar-refractivity contribution in [2.24, 2.45) is 11.5 Å². The standard InChI is InChI=1S/C6H12.2C2H7N/c1-2-4-6-5-3-1;2*1-2-3/h1-6H2;2*2-3H2,1H3. The van der Waals surface area contributed by atoms with E-state index in [0.29, 0.717) is 0 Å². The van der Waals surface area contributed by atoms with E-state index in [9.17, 15) is 0 Å². The molecule has 1 saturated carbocycles. The fourth-order valence-electron chi connectivity index (χ4n) is 1.06. The quantitative estimate of drug-likeness (QED) is 0.592. The average Bonchev–Trinajstić information content (AvgIpc) is 2.10. The topological polar surface area (TPSA) is 52.0 Å². The van der Waals surface area contributed by atoms with Gasteiger partial charge < -0.3 is 11.5 Å². The molecule has 0 bridgehead atoms. The van der Waals surface area contributed by atoms with Crippen molar-refractivity contribution in [1.82, 2.24) is 0 Å². The van der Waals surface area contributed by atoms with Crippen LogP contribution in [0.2, 0.25) is 0 Å². The molecule has 0 atom stereocenters. The molecule has 0 unspecified atom stereocenters. The maximum absolute atomic E-state index is 4.85. The van der Waals surface area contributed by atoms with Crippen LogP contribution < -0.4 is 11.5 Å². The molecule has 0 radical (unpaired) electrons. The van der Waals surface area contributed by atoms with Crippen molar-refractivity contribution in [3.05, 3.63) is 0 Å². The summed E-state index contributed by atoms with van der Waals surface area (Å²) in [5, 5.41) is 0. The van der Waals surface area contributed by atoms with Gasteiger partial charge in [-0.05, 0) is 13.1 Å². The predicted octanol–water partition coefficient (Wildman–Crippen LogP) is 2.27. The second-order valence-electron chi connectivity index (χ2n) is 2.94. The van der Waals surface area contributed by atoms with Crippen LogP contribution in [0.25, 0.3) is 0 Å². The van der Waals surface area contributed by atoms with Gasteiger partial charge in [0, 0.05) is 0 Å². The fourth-order valence-corrected chi connectivity index (χ4v) is 1.06. The fraction of sp³-hybridized carbons (Fsp3) is 1.00. The van der Waals surface area contributed by atoms with Crippen molar-refractivity contribution in [3.63, 3.8) is 0 Å². The number of hydrogen-bond donors (Lipinski definition) is 2. The van der Waals surface area contributed by atoms with Gasteiger partial charge in [-0.25, -0.2) is 0 Å². The summed E-state index contributed by atoms with van der Waals surface area (Å²) < 4.78 is 0. The van der Waals surface area contributed by atoms with Crippen molar-refractivity contribution < 1.29 is 0 Å². The molecular weight excluding hydrogens is 148 g/mol. The van der Waals surface area contributed by atoms with Crippen molar-refractivity contribution in [2.75, 3.05) is 13.1 Å². The van der Waals surface area contributed by atoms with Crippen LogP contribution in [0, 0.1) is 0 Å². The first-order chi connectivity index (χ1) is 5.83. The van der Waals surface area contributed by atoms with Gasteiger partial charge in [-0.15, -0.1) is 0 Å². The second-order valence-corrected chi connectivity index (χ2v) is 2.94. The summed E-state index contributed by atoms with van der Waals surface area (Å²) in [7, 11) is 0. The molecule has 76 valence electrons. The molecule has 12 heavy (non-hydrogen) atoms. The van der Waals surface area contributed by atoms with Crippen LogP contribution in [0.5, 0.6) is 0 Å². The van der Waals surface area contributed by atoms with Gasteiger partial charge in [0.15, 0.2) is 0 Å². The van der Waals surface area contributed by atoms with Crippen molar-refractivity contribution in [2.45, 2.75) is 52.4 Å². The Morgan fingerprint density at radius 2 is 0.750 bits per heavy atom. The van der Waals surface area contributed by atoms with Crippen molar-refractivity contribution >= 4 is 0 Å². The molecule has 1 rings (SSSR count). The molecule has 0 aliphatic heterocycles. The van der Waals surface area contributed by atoms with E-state index in [2.05, 4.69) is 0 Å². The zero-order valence-electron chi connectivity index (χ0n) is 8.81. The summed E-state index contributed by atoms with van der Waals surface area (Å²) in [6.45, 7) is 5.31. The van der Waals surface area contributed by atoms with Crippen LogP contribution in [0.15, 0.2) is 0 Å². The van der Waals surface area contributed by atoms with E-state index < -0.39 is 0 Å². The van der Waals surface area contributed by atoms with Gasteiger partial charge in [-0.2, -0.15) is 0 Å². The van der Waals surface area contributed by atoms with Crippen LogP contribution in [0.4, 0.5) is 0 Å². The Labute approximate surface area is 77.7 Å². The molecule has 1 aliphatic carbocycles. The Morgan fingerprint density at radius 1 is 0.667 bits per heavy atom. The molecule has 0 aromatic rings. The number of rotatable bonds is 0. The Balaban J connectivity index is 0. The van der Waals surface area contributed by atoms with Crippen molar-refractivity contribution in [3.8, 4) is 0 Å². The minimum absolute atomic E-state index is 0.750. The highest BCUT2D eigenvalue weighted by atomic mass is 14.5. The number of nitrogens with two attached hydrogens (primary N) is 2. The third-order valence-corrected chi connectivity index (χ3v) is 1.50. The molecule has 0 aromatic heterocycles. The minimum atomic E-state index is 0.750. The molecule has 4 N–H and O–H groups in total. The lowest BCUT2D eigenvalue weighted by Crippen LogP contribution is -1.87. The van der Waals surface area contributed by atoms with Gasteiger partial charge in [-0.1, -0.05) is 52.4 Å². The maximum atomic E-state index is 4.85. The number of hydrogen-bond acceptors (Lipinski definition) is 2. The monoisotopic (exact) mass is 174 g/mol. The molecule has 0 amide bonds. The Hall–Kier alpha value is -0.0800. The van der Waals surface area contributed by atoms with E-state index in [-0.39, 0.29) is 0 Å². The van der Waals surface area contributed by atoms with E-state index in [0.717, 1.165) is 13.1 Å². The molecule has 0 spiro atoms. The highest BCUT2D eigenvalue weighted by Crippen LogP contribution is 2.15. The highest BCUT2D eigenvalue weighted by Gasteiger charge is 1.95. The van der Waals surface area contributed by atoms with Gasteiger partial charge in [0.25, 0.3) is 0 Å². The maximum Gasteiger partial charge on any atom is -0.0106 e. The first kappa shape index (κ1) is 14.4. The van der Waals surface area contributed by atoms with E-state index in [1.54, 1.807) is 0 Å². The lowest BCUT2D eigenvalue weighted by Gasteiger charge is -2.05. The average molecular weight is 174 g/mol. The Kier molecular flexibility index (Phi) is 20.6. The van der Waals surface area contributed by atoms with E-state index in [4.69, 9.17) is 11.5 Å².